The van der Waals surface area contributed by atoms with Crippen molar-refractivity contribution in [1.29, 1.82) is 0 Å². The summed E-state index contributed by atoms with van der Waals surface area (Å²) in [5.74, 6) is -1.38. The molecule has 0 aliphatic heterocycles. The number of hydrogen-bond donors (Lipinski definition) is 2. The van der Waals surface area contributed by atoms with Gasteiger partial charge in [0.15, 0.2) is 0 Å². The summed E-state index contributed by atoms with van der Waals surface area (Å²) in [7, 11) is -5.01. The van der Waals surface area contributed by atoms with E-state index < -0.39 is 49.0 Å². The lowest BCUT2D eigenvalue weighted by atomic mass is 10.3. The number of nitro groups is 1. The van der Waals surface area contributed by atoms with Gasteiger partial charge >= 0.3 is 5.69 Å². The number of phenols is 1. The van der Waals surface area contributed by atoms with Crippen molar-refractivity contribution in [3.8, 4) is 5.75 Å². The van der Waals surface area contributed by atoms with Gasteiger partial charge < -0.3 is 5.11 Å². The molecule has 1 atom stereocenters. The second kappa shape index (κ2) is 5.81. The van der Waals surface area contributed by atoms with Crippen molar-refractivity contribution in [2.45, 2.75) is 17.6 Å². The van der Waals surface area contributed by atoms with E-state index in [0.29, 0.717) is 6.07 Å². The molecule has 0 bridgehead atoms. The Kier molecular flexibility index (Phi) is 4.78. The van der Waals surface area contributed by atoms with Gasteiger partial charge in [0.2, 0.25) is 22.1 Å². The van der Waals surface area contributed by atoms with Crippen molar-refractivity contribution in [3.63, 3.8) is 0 Å². The van der Waals surface area contributed by atoms with Crippen molar-refractivity contribution < 1.29 is 31.6 Å². The normalized spacial score (nSPS) is 13.4. The predicted octanol–water partition coefficient (Wildman–Crippen LogP) is 1.79. The third-order valence-electron chi connectivity index (χ3n) is 2.02. The highest BCUT2D eigenvalue weighted by atomic mass is 35.5. The fraction of sp³-hybridized carbons (Fsp3) is 0.250. The first-order chi connectivity index (χ1) is 9.08. The molecule has 0 heterocycles. The number of nitrogens with one attached hydrogen (secondary N) is 1. The SMILES string of the molecule is O=[N+]([O-])c1ccc(Cl)c(S(=O)(=O)NC(F)C(F)F)c1O. The summed E-state index contributed by atoms with van der Waals surface area (Å²) in [6.45, 7) is 0. The Morgan fingerprint density at radius 2 is 1.90 bits per heavy atom. The molecular weight excluding hydrogens is 329 g/mol. The van der Waals surface area contributed by atoms with Gasteiger partial charge in [-0.1, -0.05) is 11.6 Å². The Bertz CT molecular complexity index is 639. The molecule has 0 amide bonds. The van der Waals surface area contributed by atoms with E-state index in [4.69, 9.17) is 11.6 Å². The second-order valence-electron chi connectivity index (χ2n) is 3.36. The molecule has 0 saturated carbocycles. The minimum atomic E-state index is -5.01. The molecule has 0 radical (unpaired) electrons. The van der Waals surface area contributed by atoms with Crippen LogP contribution in [0.5, 0.6) is 5.75 Å². The van der Waals surface area contributed by atoms with Crippen LogP contribution in [0.3, 0.4) is 0 Å². The zero-order valence-electron chi connectivity index (χ0n) is 9.26. The molecule has 7 nitrogen and oxygen atoms in total. The van der Waals surface area contributed by atoms with Gasteiger partial charge in [0.05, 0.1) is 9.95 Å². The maximum atomic E-state index is 12.7. The van der Waals surface area contributed by atoms with Crippen molar-refractivity contribution in [2.24, 2.45) is 0 Å². The minimum absolute atomic E-state index is 0.693. The molecule has 0 aliphatic rings. The summed E-state index contributed by atoms with van der Waals surface area (Å²) in [5, 5.41) is 19.3. The average molecular weight is 335 g/mol. The number of nitrogens with zero attached hydrogens (tertiary/aromatic N) is 1. The molecule has 1 aromatic rings. The van der Waals surface area contributed by atoms with E-state index in [-0.39, 0.29) is 0 Å². The molecule has 0 fully saturated rings. The third kappa shape index (κ3) is 3.29. The standard InChI is InChI=1S/C8H6ClF3N2O5S/c9-3-1-2-4(14(16)17)5(15)6(3)20(18,19)13-8(12)7(10)11/h1-2,7-8,13,15H. The lowest BCUT2D eigenvalue weighted by Gasteiger charge is -2.12. The maximum Gasteiger partial charge on any atom is 0.312 e. The highest BCUT2D eigenvalue weighted by molar-refractivity contribution is 7.89. The molecule has 112 valence electrons. The topological polar surface area (TPSA) is 110 Å². The molecule has 12 heteroatoms. The van der Waals surface area contributed by atoms with E-state index in [2.05, 4.69) is 0 Å². The number of alkyl halides is 3. The molecule has 1 aromatic carbocycles. The Hall–Kier alpha value is -1.59. The molecule has 0 aliphatic carbocycles. The van der Waals surface area contributed by atoms with Crippen LogP contribution >= 0.6 is 11.6 Å². The highest BCUT2D eigenvalue weighted by Crippen LogP contribution is 2.37. The van der Waals surface area contributed by atoms with Gasteiger partial charge in [0, 0.05) is 6.07 Å². The van der Waals surface area contributed by atoms with Crippen molar-refractivity contribution in [2.75, 3.05) is 0 Å². The number of halogens is 4. The quantitative estimate of drug-likeness (QED) is 0.484. The zero-order valence-corrected chi connectivity index (χ0v) is 10.8. The number of aromatic hydroxyl groups is 1. The Morgan fingerprint density at radius 1 is 1.35 bits per heavy atom. The highest BCUT2D eigenvalue weighted by Gasteiger charge is 2.33. The van der Waals surface area contributed by atoms with E-state index >= 15 is 0 Å². The third-order valence-corrected chi connectivity index (χ3v) is 3.93. The summed E-state index contributed by atoms with van der Waals surface area (Å²) < 4.78 is 60.8. The lowest BCUT2D eigenvalue weighted by molar-refractivity contribution is -0.386. The van der Waals surface area contributed by atoms with Crippen LogP contribution in [0.4, 0.5) is 18.9 Å². The summed E-state index contributed by atoms with van der Waals surface area (Å²) >= 11 is 5.44. The molecule has 0 spiro atoms. The molecule has 2 N–H and O–H groups in total. The number of benzene rings is 1. The zero-order chi connectivity index (χ0) is 15.7. The molecule has 0 aromatic heterocycles. The van der Waals surface area contributed by atoms with E-state index in [1.807, 2.05) is 0 Å². The monoisotopic (exact) mass is 334 g/mol. The minimum Gasteiger partial charge on any atom is -0.501 e. The van der Waals surface area contributed by atoms with E-state index in [9.17, 15) is 36.8 Å². The number of nitro benzene ring substituents is 1. The van der Waals surface area contributed by atoms with Crippen molar-refractivity contribution in [3.05, 3.63) is 27.3 Å². The van der Waals surface area contributed by atoms with E-state index in [0.717, 1.165) is 10.8 Å². The summed E-state index contributed by atoms with van der Waals surface area (Å²) in [6, 6.07) is 1.46. The van der Waals surface area contributed by atoms with Crippen LogP contribution in [-0.4, -0.2) is 31.2 Å². The predicted molar refractivity (Wildman–Crippen MR) is 61.0 cm³/mol. The van der Waals surface area contributed by atoms with Gasteiger partial charge in [0.1, 0.15) is 4.90 Å². The number of sulfonamides is 1. The Balaban J connectivity index is 3.38. The first-order valence-electron chi connectivity index (χ1n) is 4.68. The molecule has 20 heavy (non-hydrogen) atoms. The second-order valence-corrected chi connectivity index (χ2v) is 5.42. The Morgan fingerprint density at radius 3 is 2.35 bits per heavy atom. The summed E-state index contributed by atoms with van der Waals surface area (Å²) in [6.07, 6.45) is -6.92. The summed E-state index contributed by atoms with van der Waals surface area (Å²) in [5.41, 5.74) is -1.03. The number of rotatable bonds is 5. The van der Waals surface area contributed by atoms with Crippen LogP contribution in [0.25, 0.3) is 0 Å². The fourth-order valence-corrected chi connectivity index (χ4v) is 2.86. The van der Waals surface area contributed by atoms with Crippen LogP contribution in [0.2, 0.25) is 5.02 Å². The van der Waals surface area contributed by atoms with Crippen LogP contribution in [0.15, 0.2) is 17.0 Å². The largest absolute Gasteiger partial charge is 0.501 e. The van der Waals surface area contributed by atoms with Gasteiger partial charge in [0.25, 0.3) is 6.43 Å². The van der Waals surface area contributed by atoms with Gasteiger partial charge in [-0.25, -0.2) is 21.6 Å². The first-order valence-corrected chi connectivity index (χ1v) is 6.54. The average Bonchev–Trinajstić information content (AvgIpc) is 2.26. The molecular formula is C8H6ClF3N2O5S. The fourth-order valence-electron chi connectivity index (χ4n) is 1.20. The van der Waals surface area contributed by atoms with Crippen molar-refractivity contribution >= 4 is 27.3 Å². The first kappa shape index (κ1) is 16.5. The maximum absolute atomic E-state index is 12.7. The molecule has 0 saturated heterocycles. The Labute approximate surface area is 115 Å². The van der Waals surface area contributed by atoms with Crippen LogP contribution in [-0.2, 0) is 10.0 Å². The van der Waals surface area contributed by atoms with E-state index in [1.54, 1.807) is 0 Å². The van der Waals surface area contributed by atoms with Gasteiger partial charge in [-0.3, -0.25) is 10.1 Å². The molecule has 1 rings (SSSR count). The van der Waals surface area contributed by atoms with Gasteiger partial charge in [-0.05, 0) is 6.07 Å². The number of phenolic OH excluding ortho intramolecular Hbond substituents is 1. The van der Waals surface area contributed by atoms with Crippen LogP contribution in [0.1, 0.15) is 0 Å². The van der Waals surface area contributed by atoms with Crippen molar-refractivity contribution in [1.82, 2.24) is 4.72 Å². The van der Waals surface area contributed by atoms with E-state index in [1.165, 1.54) is 0 Å². The van der Waals surface area contributed by atoms with Gasteiger partial charge in [-0.15, -0.1) is 0 Å². The van der Waals surface area contributed by atoms with Crippen LogP contribution < -0.4 is 4.72 Å². The number of hydrogen-bond acceptors (Lipinski definition) is 5. The smallest absolute Gasteiger partial charge is 0.312 e. The summed E-state index contributed by atoms with van der Waals surface area (Å²) in [4.78, 5) is 8.16. The molecule has 1 unspecified atom stereocenters. The lowest BCUT2D eigenvalue weighted by Crippen LogP contribution is -2.36. The van der Waals surface area contributed by atoms with Crippen LogP contribution in [0, 0.1) is 10.1 Å². The van der Waals surface area contributed by atoms with Gasteiger partial charge in [-0.2, -0.15) is 4.72 Å².